The average Bonchev–Trinajstić information content (AvgIpc) is 2.11. The minimum Gasteiger partial charge on any atom is -0.508 e. The third kappa shape index (κ3) is 3.00. The molecule has 0 aliphatic carbocycles. The summed E-state index contributed by atoms with van der Waals surface area (Å²) in [6.07, 6.45) is 0.800. The van der Waals surface area contributed by atoms with E-state index in [0.29, 0.717) is 5.75 Å². The van der Waals surface area contributed by atoms with E-state index in [-0.39, 0.29) is 5.54 Å². The van der Waals surface area contributed by atoms with Gasteiger partial charge in [-0.15, -0.1) is 0 Å². The first-order valence-electron chi connectivity index (χ1n) is 4.61. The zero-order chi connectivity index (χ0) is 10.8. The van der Waals surface area contributed by atoms with Crippen LogP contribution in [0.15, 0.2) is 22.7 Å². The molecule has 0 amide bonds. The summed E-state index contributed by atoms with van der Waals surface area (Å²) in [5.41, 5.74) is 0.955. The van der Waals surface area contributed by atoms with Crippen LogP contribution in [-0.2, 0) is 6.42 Å². The maximum Gasteiger partial charge on any atom is 0.118 e. The minimum absolute atomic E-state index is 0.00171. The summed E-state index contributed by atoms with van der Waals surface area (Å²) in [5.74, 6) is 0.358. The van der Waals surface area contributed by atoms with E-state index < -0.39 is 0 Å². The number of aromatic hydroxyl groups is 1. The molecule has 0 spiro atoms. The summed E-state index contributed by atoms with van der Waals surface area (Å²) in [7, 11) is 1.93. The highest BCUT2D eigenvalue weighted by Gasteiger charge is 2.17. The first kappa shape index (κ1) is 11.5. The Labute approximate surface area is 93.5 Å². The Kier molecular flexibility index (Phi) is 3.56. The lowest BCUT2D eigenvalue weighted by molar-refractivity contribution is 0.405. The first-order valence-corrected chi connectivity index (χ1v) is 5.40. The summed E-state index contributed by atoms with van der Waals surface area (Å²) in [5, 5.41) is 12.9. The van der Waals surface area contributed by atoms with Crippen LogP contribution >= 0.6 is 15.9 Å². The van der Waals surface area contributed by atoms with Gasteiger partial charge in [0.15, 0.2) is 0 Å². The van der Waals surface area contributed by atoms with Crippen molar-refractivity contribution in [1.82, 2.24) is 5.32 Å². The number of halogens is 1. The molecule has 0 aromatic heterocycles. The Morgan fingerprint density at radius 2 is 2.07 bits per heavy atom. The van der Waals surface area contributed by atoms with Crippen molar-refractivity contribution in [2.45, 2.75) is 25.8 Å². The molecule has 0 radical (unpaired) electrons. The number of hydrogen-bond donors (Lipinski definition) is 2. The number of phenolic OH excluding ortho intramolecular Hbond substituents is 1. The van der Waals surface area contributed by atoms with E-state index in [4.69, 9.17) is 0 Å². The Morgan fingerprint density at radius 3 is 2.64 bits per heavy atom. The van der Waals surface area contributed by atoms with Crippen LogP contribution in [0.5, 0.6) is 5.75 Å². The Bertz CT molecular complexity index is 323. The maximum absolute atomic E-state index is 9.65. The molecule has 78 valence electrons. The van der Waals surface area contributed by atoms with Gasteiger partial charge in [0.05, 0.1) is 0 Å². The van der Waals surface area contributed by atoms with Crippen LogP contribution in [0.2, 0.25) is 0 Å². The first-order chi connectivity index (χ1) is 6.44. The van der Waals surface area contributed by atoms with E-state index in [1.807, 2.05) is 19.2 Å². The lowest BCUT2D eigenvalue weighted by Gasteiger charge is -2.24. The van der Waals surface area contributed by atoms with Crippen LogP contribution < -0.4 is 5.32 Å². The van der Waals surface area contributed by atoms with E-state index >= 15 is 0 Å². The monoisotopic (exact) mass is 257 g/mol. The molecule has 0 fully saturated rings. The molecular formula is C11H16BrNO. The maximum atomic E-state index is 9.65. The highest BCUT2D eigenvalue weighted by Crippen LogP contribution is 2.25. The van der Waals surface area contributed by atoms with Crippen molar-refractivity contribution < 1.29 is 5.11 Å². The van der Waals surface area contributed by atoms with Crippen molar-refractivity contribution in [1.29, 1.82) is 0 Å². The lowest BCUT2D eigenvalue weighted by Crippen LogP contribution is -2.38. The molecule has 3 heteroatoms. The SMILES string of the molecule is CNC(C)(C)Cc1cc(Br)ccc1O. The third-order valence-corrected chi connectivity index (χ3v) is 2.84. The Hall–Kier alpha value is -0.540. The fraction of sp³-hybridized carbons (Fsp3) is 0.455. The average molecular weight is 258 g/mol. The fourth-order valence-corrected chi connectivity index (χ4v) is 1.67. The van der Waals surface area contributed by atoms with Gasteiger partial charge in [-0.05, 0) is 51.1 Å². The molecular weight excluding hydrogens is 242 g/mol. The standard InChI is InChI=1S/C11H16BrNO/c1-11(2,13-3)7-8-6-9(12)4-5-10(8)14/h4-6,13-14H,7H2,1-3H3. The molecule has 1 aromatic rings. The third-order valence-electron chi connectivity index (χ3n) is 2.35. The summed E-state index contributed by atoms with van der Waals surface area (Å²) >= 11 is 3.39. The number of hydrogen-bond acceptors (Lipinski definition) is 2. The lowest BCUT2D eigenvalue weighted by atomic mass is 9.95. The number of likely N-dealkylation sites (N-methyl/N-ethyl adjacent to an activating group) is 1. The topological polar surface area (TPSA) is 32.3 Å². The van der Waals surface area contributed by atoms with Crippen molar-refractivity contribution in [3.05, 3.63) is 28.2 Å². The smallest absolute Gasteiger partial charge is 0.118 e. The predicted molar refractivity (Wildman–Crippen MR) is 62.6 cm³/mol. The molecule has 1 aromatic carbocycles. The van der Waals surface area contributed by atoms with Crippen molar-refractivity contribution in [2.75, 3.05) is 7.05 Å². The van der Waals surface area contributed by atoms with E-state index in [1.165, 1.54) is 0 Å². The van der Waals surface area contributed by atoms with Crippen LogP contribution in [0.1, 0.15) is 19.4 Å². The van der Waals surface area contributed by atoms with Gasteiger partial charge in [0, 0.05) is 10.0 Å². The summed E-state index contributed by atoms with van der Waals surface area (Å²) < 4.78 is 0.997. The molecule has 0 saturated heterocycles. The van der Waals surface area contributed by atoms with Gasteiger partial charge in [-0.25, -0.2) is 0 Å². The Morgan fingerprint density at radius 1 is 1.43 bits per heavy atom. The second-order valence-corrected chi connectivity index (χ2v) is 5.00. The van der Waals surface area contributed by atoms with E-state index in [1.54, 1.807) is 6.07 Å². The van der Waals surface area contributed by atoms with Gasteiger partial charge in [-0.3, -0.25) is 0 Å². The van der Waals surface area contributed by atoms with Gasteiger partial charge in [0.25, 0.3) is 0 Å². The van der Waals surface area contributed by atoms with Gasteiger partial charge < -0.3 is 10.4 Å². The molecule has 2 N–H and O–H groups in total. The molecule has 0 unspecified atom stereocenters. The van der Waals surface area contributed by atoms with E-state index in [9.17, 15) is 5.11 Å². The predicted octanol–water partition coefficient (Wildman–Crippen LogP) is 2.70. The fourth-order valence-electron chi connectivity index (χ4n) is 1.26. The molecule has 0 saturated carbocycles. The van der Waals surface area contributed by atoms with Gasteiger partial charge in [-0.2, -0.15) is 0 Å². The quantitative estimate of drug-likeness (QED) is 0.873. The number of nitrogens with one attached hydrogen (secondary N) is 1. The molecule has 0 aliphatic rings. The molecule has 0 aliphatic heterocycles. The second-order valence-electron chi connectivity index (χ2n) is 4.08. The van der Waals surface area contributed by atoms with Crippen molar-refractivity contribution in [3.8, 4) is 5.75 Å². The van der Waals surface area contributed by atoms with Crippen molar-refractivity contribution in [2.24, 2.45) is 0 Å². The molecule has 0 atom stereocenters. The summed E-state index contributed by atoms with van der Waals surface area (Å²) in [6, 6.07) is 5.50. The zero-order valence-corrected chi connectivity index (χ0v) is 10.4. The second kappa shape index (κ2) is 4.32. The van der Waals surface area contributed by atoms with E-state index in [0.717, 1.165) is 16.5 Å². The minimum atomic E-state index is -0.00171. The molecule has 1 rings (SSSR count). The molecule has 14 heavy (non-hydrogen) atoms. The van der Waals surface area contributed by atoms with Gasteiger partial charge >= 0.3 is 0 Å². The van der Waals surface area contributed by atoms with Crippen LogP contribution in [0.25, 0.3) is 0 Å². The number of rotatable bonds is 3. The highest BCUT2D eigenvalue weighted by molar-refractivity contribution is 9.10. The van der Waals surface area contributed by atoms with Crippen molar-refractivity contribution in [3.63, 3.8) is 0 Å². The van der Waals surface area contributed by atoms with Gasteiger partial charge in [0.1, 0.15) is 5.75 Å². The highest BCUT2D eigenvalue weighted by atomic mass is 79.9. The van der Waals surface area contributed by atoms with Crippen LogP contribution in [-0.4, -0.2) is 17.7 Å². The summed E-state index contributed by atoms with van der Waals surface area (Å²) in [6.45, 7) is 4.21. The summed E-state index contributed by atoms with van der Waals surface area (Å²) in [4.78, 5) is 0. The van der Waals surface area contributed by atoms with Crippen LogP contribution in [0, 0.1) is 0 Å². The Balaban J connectivity index is 2.91. The van der Waals surface area contributed by atoms with Gasteiger partial charge in [-0.1, -0.05) is 15.9 Å². The molecule has 2 nitrogen and oxygen atoms in total. The normalized spacial score (nSPS) is 11.7. The number of benzene rings is 1. The molecule has 0 heterocycles. The van der Waals surface area contributed by atoms with Crippen LogP contribution in [0.4, 0.5) is 0 Å². The van der Waals surface area contributed by atoms with Gasteiger partial charge in [0.2, 0.25) is 0 Å². The van der Waals surface area contributed by atoms with Crippen molar-refractivity contribution >= 4 is 15.9 Å². The molecule has 0 bridgehead atoms. The van der Waals surface area contributed by atoms with E-state index in [2.05, 4.69) is 35.1 Å². The number of phenols is 1. The van der Waals surface area contributed by atoms with Crippen LogP contribution in [0.3, 0.4) is 0 Å². The largest absolute Gasteiger partial charge is 0.508 e. The zero-order valence-electron chi connectivity index (χ0n) is 8.76.